The van der Waals surface area contributed by atoms with Gasteiger partial charge in [-0.2, -0.15) is 0 Å². The fourth-order valence-electron chi connectivity index (χ4n) is 2.91. The van der Waals surface area contributed by atoms with Crippen molar-refractivity contribution in [2.45, 2.75) is 26.2 Å². The van der Waals surface area contributed by atoms with E-state index >= 15 is 0 Å². The van der Waals surface area contributed by atoms with Gasteiger partial charge in [0.2, 0.25) is 17.5 Å². The van der Waals surface area contributed by atoms with Crippen molar-refractivity contribution < 1.29 is 23.4 Å². The maximum atomic E-state index is 6.03. The van der Waals surface area contributed by atoms with Gasteiger partial charge in [-0.25, -0.2) is 0 Å². The summed E-state index contributed by atoms with van der Waals surface area (Å²) in [5.74, 6) is 2.68. The lowest BCUT2D eigenvalue weighted by Gasteiger charge is -2.26. The Kier molecular flexibility index (Phi) is 6.41. The molecule has 2 aromatic rings. The average molecular weight is 391 g/mol. The van der Waals surface area contributed by atoms with Crippen LogP contribution in [0.5, 0.6) is 17.2 Å². The predicted octanol–water partition coefficient (Wildman–Crippen LogP) is 2.76. The van der Waals surface area contributed by atoms with Crippen LogP contribution < -0.4 is 14.2 Å². The lowest BCUT2D eigenvalue weighted by atomic mass is 9.97. The Morgan fingerprint density at radius 1 is 1.04 bits per heavy atom. The first-order chi connectivity index (χ1) is 13.4. The Bertz CT molecular complexity index is 779. The second-order valence-electron chi connectivity index (χ2n) is 7.67. The molecular formula is C20H29N3O5. The third-order valence-corrected chi connectivity index (χ3v) is 4.53. The summed E-state index contributed by atoms with van der Waals surface area (Å²) in [6.45, 7) is 10.8. The van der Waals surface area contributed by atoms with E-state index in [-0.39, 0.29) is 5.41 Å². The van der Waals surface area contributed by atoms with Gasteiger partial charge < -0.3 is 23.4 Å². The predicted molar refractivity (Wildman–Crippen MR) is 104 cm³/mol. The van der Waals surface area contributed by atoms with Gasteiger partial charge >= 0.3 is 0 Å². The number of ether oxygens (including phenoxy) is 4. The number of benzene rings is 1. The van der Waals surface area contributed by atoms with E-state index in [9.17, 15) is 0 Å². The first-order valence-electron chi connectivity index (χ1n) is 9.45. The van der Waals surface area contributed by atoms with Crippen LogP contribution >= 0.6 is 0 Å². The largest absolute Gasteiger partial charge is 0.493 e. The molecule has 0 unspecified atom stereocenters. The summed E-state index contributed by atoms with van der Waals surface area (Å²) in [5, 5.41) is 8.35. The highest BCUT2D eigenvalue weighted by Gasteiger charge is 2.23. The van der Waals surface area contributed by atoms with Crippen LogP contribution in [0.3, 0.4) is 0 Å². The van der Waals surface area contributed by atoms with Crippen LogP contribution in [0.15, 0.2) is 16.5 Å². The lowest BCUT2D eigenvalue weighted by molar-refractivity contribution is 0.0321. The quantitative estimate of drug-likeness (QED) is 0.713. The highest BCUT2D eigenvalue weighted by molar-refractivity contribution is 5.65. The molecule has 0 amide bonds. The molecule has 0 atom stereocenters. The first kappa shape index (κ1) is 20.4. The van der Waals surface area contributed by atoms with Crippen molar-refractivity contribution in [3.05, 3.63) is 18.0 Å². The molecule has 28 heavy (non-hydrogen) atoms. The van der Waals surface area contributed by atoms with Crippen LogP contribution in [0.4, 0.5) is 0 Å². The number of hydrogen-bond acceptors (Lipinski definition) is 8. The number of aromatic nitrogens is 2. The molecule has 0 radical (unpaired) electrons. The molecule has 0 N–H and O–H groups in total. The van der Waals surface area contributed by atoms with Gasteiger partial charge in [-0.1, -0.05) is 20.8 Å². The topological polar surface area (TPSA) is 79.1 Å². The molecule has 1 fully saturated rings. The molecule has 1 aliphatic heterocycles. The maximum absolute atomic E-state index is 6.03. The summed E-state index contributed by atoms with van der Waals surface area (Å²) in [6.07, 6.45) is 0. The van der Waals surface area contributed by atoms with E-state index in [4.69, 9.17) is 23.4 Å². The number of rotatable bonds is 7. The Balaban J connectivity index is 1.81. The zero-order valence-corrected chi connectivity index (χ0v) is 17.3. The molecule has 1 aromatic heterocycles. The molecule has 0 spiro atoms. The Hall–Kier alpha value is -2.32. The minimum atomic E-state index is -0.223. The van der Waals surface area contributed by atoms with Crippen LogP contribution in [-0.2, 0) is 10.2 Å². The molecule has 1 aromatic carbocycles. The zero-order chi connectivity index (χ0) is 20.1. The normalized spacial score (nSPS) is 15.5. The van der Waals surface area contributed by atoms with Gasteiger partial charge in [0.15, 0.2) is 11.5 Å². The molecule has 8 heteroatoms. The van der Waals surface area contributed by atoms with Gasteiger partial charge in [0.1, 0.15) is 6.61 Å². The molecule has 1 aliphatic rings. The third kappa shape index (κ3) is 4.74. The first-order valence-corrected chi connectivity index (χ1v) is 9.45. The molecule has 0 aliphatic carbocycles. The monoisotopic (exact) mass is 391 g/mol. The van der Waals surface area contributed by atoms with Crippen molar-refractivity contribution in [3.8, 4) is 28.7 Å². The number of methoxy groups -OCH3 is 2. The Labute approximate surface area is 165 Å². The minimum Gasteiger partial charge on any atom is -0.493 e. The van der Waals surface area contributed by atoms with Crippen LogP contribution in [0, 0.1) is 0 Å². The minimum absolute atomic E-state index is 0.223. The summed E-state index contributed by atoms with van der Waals surface area (Å²) in [6, 6.07) is 3.66. The van der Waals surface area contributed by atoms with Gasteiger partial charge in [0, 0.05) is 30.6 Å². The van der Waals surface area contributed by atoms with E-state index in [0.29, 0.717) is 35.6 Å². The number of hydrogen-bond donors (Lipinski definition) is 0. The second-order valence-corrected chi connectivity index (χ2v) is 7.67. The van der Waals surface area contributed by atoms with Crippen LogP contribution in [0.2, 0.25) is 0 Å². The Morgan fingerprint density at radius 2 is 1.75 bits per heavy atom. The summed E-state index contributed by atoms with van der Waals surface area (Å²) in [4.78, 5) is 2.31. The van der Waals surface area contributed by atoms with Crippen molar-refractivity contribution in [3.63, 3.8) is 0 Å². The van der Waals surface area contributed by atoms with Crippen molar-refractivity contribution in [2.24, 2.45) is 0 Å². The van der Waals surface area contributed by atoms with Crippen LogP contribution in [0.1, 0.15) is 26.7 Å². The SMILES string of the molecule is COc1cc(-c2nnc(C(C)(C)C)o2)cc(OCCN2CCOCC2)c1OC. The van der Waals surface area contributed by atoms with Crippen molar-refractivity contribution >= 4 is 0 Å². The molecule has 2 heterocycles. The van der Waals surface area contributed by atoms with Crippen molar-refractivity contribution in [1.29, 1.82) is 0 Å². The highest BCUT2D eigenvalue weighted by atomic mass is 16.5. The van der Waals surface area contributed by atoms with Crippen molar-refractivity contribution in [1.82, 2.24) is 15.1 Å². The van der Waals surface area contributed by atoms with E-state index in [1.54, 1.807) is 14.2 Å². The van der Waals surface area contributed by atoms with Gasteiger partial charge in [-0.05, 0) is 12.1 Å². The summed E-state index contributed by atoms with van der Waals surface area (Å²) in [5.41, 5.74) is 0.501. The number of nitrogens with zero attached hydrogens (tertiary/aromatic N) is 3. The summed E-state index contributed by atoms with van der Waals surface area (Å²) < 4.78 is 28.3. The molecule has 3 rings (SSSR count). The molecule has 154 valence electrons. The fraction of sp³-hybridized carbons (Fsp3) is 0.600. The van der Waals surface area contributed by atoms with E-state index < -0.39 is 0 Å². The smallest absolute Gasteiger partial charge is 0.248 e. The van der Waals surface area contributed by atoms with E-state index in [1.807, 2.05) is 32.9 Å². The average Bonchev–Trinajstić information content (AvgIpc) is 3.19. The molecule has 0 bridgehead atoms. The van der Waals surface area contributed by atoms with Crippen LogP contribution in [-0.4, -0.2) is 68.8 Å². The maximum Gasteiger partial charge on any atom is 0.248 e. The molecule has 0 saturated carbocycles. The van der Waals surface area contributed by atoms with Gasteiger partial charge in [-0.15, -0.1) is 10.2 Å². The van der Waals surface area contributed by atoms with Gasteiger partial charge in [0.25, 0.3) is 0 Å². The molecule has 8 nitrogen and oxygen atoms in total. The summed E-state index contributed by atoms with van der Waals surface area (Å²) in [7, 11) is 3.18. The second kappa shape index (κ2) is 8.79. The zero-order valence-electron chi connectivity index (χ0n) is 17.3. The third-order valence-electron chi connectivity index (χ3n) is 4.53. The molecular weight excluding hydrogens is 362 g/mol. The van der Waals surface area contributed by atoms with E-state index in [1.165, 1.54) is 0 Å². The Morgan fingerprint density at radius 3 is 2.36 bits per heavy atom. The standard InChI is InChI=1S/C20H29N3O5/c1-20(2,3)19-22-21-18(28-19)14-12-15(24-4)17(25-5)16(13-14)27-11-8-23-6-9-26-10-7-23/h12-13H,6-11H2,1-5H3. The fourth-order valence-corrected chi connectivity index (χ4v) is 2.91. The number of morpholine rings is 1. The van der Waals surface area contributed by atoms with E-state index in [0.717, 1.165) is 38.4 Å². The van der Waals surface area contributed by atoms with E-state index in [2.05, 4.69) is 15.1 Å². The van der Waals surface area contributed by atoms with Crippen LogP contribution in [0.25, 0.3) is 11.5 Å². The van der Waals surface area contributed by atoms with Gasteiger partial charge in [-0.3, -0.25) is 4.90 Å². The highest BCUT2D eigenvalue weighted by Crippen LogP contribution is 2.41. The van der Waals surface area contributed by atoms with Crippen molar-refractivity contribution in [2.75, 3.05) is 53.7 Å². The lowest BCUT2D eigenvalue weighted by Crippen LogP contribution is -2.38. The van der Waals surface area contributed by atoms with Gasteiger partial charge in [0.05, 0.1) is 27.4 Å². The molecule has 1 saturated heterocycles. The summed E-state index contributed by atoms with van der Waals surface area (Å²) >= 11 is 0.